The predicted molar refractivity (Wildman–Crippen MR) is 112 cm³/mol. The van der Waals surface area contributed by atoms with Crippen molar-refractivity contribution >= 4 is 29.1 Å². The smallest absolute Gasteiger partial charge is 0.254 e. The Balaban J connectivity index is 1.71. The molecule has 3 aromatic carbocycles. The summed E-state index contributed by atoms with van der Waals surface area (Å²) in [5.74, 6) is 0.396. The van der Waals surface area contributed by atoms with Gasteiger partial charge < -0.3 is 9.84 Å². The maximum absolute atomic E-state index is 12.8. The molecule has 1 amide bonds. The lowest BCUT2D eigenvalue weighted by Gasteiger charge is -2.16. The van der Waals surface area contributed by atoms with E-state index in [2.05, 4.69) is 15.5 Å². The largest absolute Gasteiger partial charge is 0.336 e. The van der Waals surface area contributed by atoms with Crippen molar-refractivity contribution in [2.24, 2.45) is 0 Å². The molecule has 1 aromatic heterocycles. The number of carbonyl (C=O) groups excluding carboxylic acids is 1. The minimum atomic E-state index is -0.692. The molecule has 144 valence electrons. The second-order valence-electron chi connectivity index (χ2n) is 6.27. The van der Waals surface area contributed by atoms with Crippen molar-refractivity contribution in [3.05, 3.63) is 106 Å². The average Bonchev–Trinajstić information content (AvgIpc) is 3.25. The first-order chi connectivity index (χ1) is 14.1. The zero-order chi connectivity index (χ0) is 20.2. The summed E-state index contributed by atoms with van der Waals surface area (Å²) < 4.78 is 5.49. The zero-order valence-electron chi connectivity index (χ0n) is 15.0. The molecule has 0 fully saturated rings. The molecular weight excluding hydrogens is 409 g/mol. The van der Waals surface area contributed by atoms with E-state index in [0.29, 0.717) is 27.0 Å². The number of amides is 1. The zero-order valence-corrected chi connectivity index (χ0v) is 16.6. The van der Waals surface area contributed by atoms with Crippen LogP contribution in [0.3, 0.4) is 0 Å². The van der Waals surface area contributed by atoms with Crippen LogP contribution in [0.2, 0.25) is 10.0 Å². The highest BCUT2D eigenvalue weighted by atomic mass is 35.5. The summed E-state index contributed by atoms with van der Waals surface area (Å²) >= 11 is 12.2. The SMILES string of the molecule is O=C(NC(c1ccc(Cl)c(Cl)c1)c1nc(-c2ccccc2)no1)c1ccccc1. The molecule has 0 aliphatic rings. The standard InChI is InChI=1S/C22H15Cl2N3O2/c23-17-12-11-16(13-18(17)24)19(25-21(28)15-9-5-2-6-10-15)22-26-20(27-29-22)14-7-3-1-4-8-14/h1-13,19H,(H,25,28). The Bertz CT molecular complexity index is 1130. The number of nitrogens with zero attached hydrogens (tertiary/aromatic N) is 2. The summed E-state index contributed by atoms with van der Waals surface area (Å²) in [6.45, 7) is 0. The summed E-state index contributed by atoms with van der Waals surface area (Å²) in [6, 6.07) is 22.7. The van der Waals surface area contributed by atoms with Gasteiger partial charge in [0.1, 0.15) is 6.04 Å². The molecule has 29 heavy (non-hydrogen) atoms. The van der Waals surface area contributed by atoms with Crippen molar-refractivity contribution < 1.29 is 9.32 Å². The molecule has 0 saturated carbocycles. The summed E-state index contributed by atoms with van der Waals surface area (Å²) in [5, 5.41) is 7.78. The fraction of sp³-hybridized carbons (Fsp3) is 0.0455. The van der Waals surface area contributed by atoms with Gasteiger partial charge >= 0.3 is 0 Å². The second-order valence-corrected chi connectivity index (χ2v) is 7.08. The molecule has 0 saturated heterocycles. The molecule has 0 aliphatic carbocycles. The van der Waals surface area contributed by atoms with E-state index < -0.39 is 6.04 Å². The first-order valence-corrected chi connectivity index (χ1v) is 9.57. The van der Waals surface area contributed by atoms with Crippen LogP contribution in [0.5, 0.6) is 0 Å². The van der Waals surface area contributed by atoms with E-state index in [1.165, 1.54) is 0 Å². The van der Waals surface area contributed by atoms with Crippen LogP contribution in [-0.2, 0) is 0 Å². The lowest BCUT2D eigenvalue weighted by Crippen LogP contribution is -2.29. The summed E-state index contributed by atoms with van der Waals surface area (Å²) in [6.07, 6.45) is 0. The van der Waals surface area contributed by atoms with E-state index in [0.717, 1.165) is 5.56 Å². The Morgan fingerprint density at radius 3 is 2.28 bits per heavy atom. The number of benzene rings is 3. The molecule has 1 atom stereocenters. The molecular formula is C22H15Cl2N3O2. The highest BCUT2D eigenvalue weighted by Gasteiger charge is 2.25. The quantitative estimate of drug-likeness (QED) is 0.455. The third kappa shape index (κ3) is 4.31. The summed E-state index contributed by atoms with van der Waals surface area (Å²) in [4.78, 5) is 17.3. The highest BCUT2D eigenvalue weighted by molar-refractivity contribution is 6.42. The molecule has 0 bridgehead atoms. The van der Waals surface area contributed by atoms with Gasteiger partial charge in [0.05, 0.1) is 10.0 Å². The van der Waals surface area contributed by atoms with Gasteiger partial charge in [-0.3, -0.25) is 4.79 Å². The van der Waals surface area contributed by atoms with Gasteiger partial charge in [-0.2, -0.15) is 4.98 Å². The molecule has 0 spiro atoms. The van der Waals surface area contributed by atoms with E-state index in [4.69, 9.17) is 27.7 Å². The van der Waals surface area contributed by atoms with Crippen molar-refractivity contribution in [2.45, 2.75) is 6.04 Å². The van der Waals surface area contributed by atoms with Crippen LogP contribution in [-0.4, -0.2) is 16.0 Å². The minimum absolute atomic E-state index is 0.242. The lowest BCUT2D eigenvalue weighted by atomic mass is 10.1. The first kappa shape index (κ1) is 19.2. The minimum Gasteiger partial charge on any atom is -0.336 e. The Labute approximate surface area is 177 Å². The van der Waals surface area contributed by atoms with Crippen LogP contribution in [0.15, 0.2) is 83.4 Å². The predicted octanol–water partition coefficient (Wildman–Crippen LogP) is 5.56. The number of carbonyl (C=O) groups is 1. The Morgan fingerprint density at radius 2 is 1.59 bits per heavy atom. The van der Waals surface area contributed by atoms with E-state index in [1.54, 1.807) is 42.5 Å². The van der Waals surface area contributed by atoms with Crippen molar-refractivity contribution in [2.75, 3.05) is 0 Å². The molecule has 4 rings (SSSR count). The number of rotatable bonds is 5. The van der Waals surface area contributed by atoms with E-state index >= 15 is 0 Å². The molecule has 1 N–H and O–H groups in total. The lowest BCUT2D eigenvalue weighted by molar-refractivity contribution is 0.0936. The van der Waals surface area contributed by atoms with Gasteiger partial charge in [-0.25, -0.2) is 0 Å². The van der Waals surface area contributed by atoms with Crippen molar-refractivity contribution in [3.63, 3.8) is 0 Å². The summed E-state index contributed by atoms with van der Waals surface area (Å²) in [5.41, 5.74) is 2.00. The molecule has 1 unspecified atom stereocenters. The first-order valence-electron chi connectivity index (χ1n) is 8.82. The number of hydrogen-bond acceptors (Lipinski definition) is 4. The molecule has 1 heterocycles. The van der Waals surface area contributed by atoms with Gasteiger partial charge in [0, 0.05) is 11.1 Å². The van der Waals surface area contributed by atoms with Crippen molar-refractivity contribution in [3.8, 4) is 11.4 Å². The highest BCUT2D eigenvalue weighted by Crippen LogP contribution is 2.29. The monoisotopic (exact) mass is 423 g/mol. The van der Waals surface area contributed by atoms with Crippen LogP contribution in [0.25, 0.3) is 11.4 Å². The van der Waals surface area contributed by atoms with Gasteiger partial charge in [-0.05, 0) is 29.8 Å². The Hall–Kier alpha value is -3.15. The second kappa shape index (κ2) is 8.47. The number of nitrogens with one attached hydrogen (secondary N) is 1. The van der Waals surface area contributed by atoms with E-state index in [-0.39, 0.29) is 11.8 Å². The maximum atomic E-state index is 12.8. The molecule has 4 aromatic rings. The van der Waals surface area contributed by atoms with Gasteiger partial charge in [0.25, 0.3) is 11.8 Å². The fourth-order valence-corrected chi connectivity index (χ4v) is 3.15. The third-order valence-electron chi connectivity index (χ3n) is 4.31. The van der Waals surface area contributed by atoms with Crippen molar-refractivity contribution in [1.29, 1.82) is 0 Å². The normalized spacial score (nSPS) is 11.8. The maximum Gasteiger partial charge on any atom is 0.254 e. The van der Waals surface area contributed by atoms with Crippen LogP contribution in [0, 0.1) is 0 Å². The summed E-state index contributed by atoms with van der Waals surface area (Å²) in [7, 11) is 0. The Kier molecular flexibility index (Phi) is 5.60. The van der Waals surface area contributed by atoms with Gasteiger partial charge in [-0.15, -0.1) is 0 Å². The number of aromatic nitrogens is 2. The van der Waals surface area contributed by atoms with Crippen LogP contribution < -0.4 is 5.32 Å². The van der Waals surface area contributed by atoms with Gasteiger partial charge in [0.2, 0.25) is 5.82 Å². The Morgan fingerprint density at radius 1 is 0.897 bits per heavy atom. The van der Waals surface area contributed by atoms with E-state index in [1.807, 2.05) is 36.4 Å². The van der Waals surface area contributed by atoms with Crippen LogP contribution in [0.4, 0.5) is 0 Å². The van der Waals surface area contributed by atoms with Crippen molar-refractivity contribution in [1.82, 2.24) is 15.5 Å². The topological polar surface area (TPSA) is 68.0 Å². The molecule has 5 nitrogen and oxygen atoms in total. The number of hydrogen-bond donors (Lipinski definition) is 1. The fourth-order valence-electron chi connectivity index (χ4n) is 2.84. The van der Waals surface area contributed by atoms with Gasteiger partial charge in [0.15, 0.2) is 0 Å². The van der Waals surface area contributed by atoms with Crippen LogP contribution >= 0.6 is 23.2 Å². The third-order valence-corrected chi connectivity index (χ3v) is 5.05. The average molecular weight is 424 g/mol. The molecule has 7 heteroatoms. The number of halogens is 2. The molecule has 0 aliphatic heterocycles. The molecule has 0 radical (unpaired) electrons. The van der Waals surface area contributed by atoms with E-state index in [9.17, 15) is 4.79 Å². The van der Waals surface area contributed by atoms with Gasteiger partial charge in [-0.1, -0.05) is 83.0 Å². The van der Waals surface area contributed by atoms with Crippen LogP contribution in [0.1, 0.15) is 27.9 Å².